The van der Waals surface area contributed by atoms with E-state index in [-0.39, 0.29) is 0 Å². The van der Waals surface area contributed by atoms with Gasteiger partial charge in [-0.1, -0.05) is 32.9 Å². The van der Waals surface area contributed by atoms with E-state index in [0.29, 0.717) is 5.92 Å². The SMILES string of the molecule is CCc1cc(CNCC(C)C)ccc1OC. The number of nitrogens with one attached hydrogen (secondary N) is 1. The van der Waals surface area contributed by atoms with Crippen molar-refractivity contribution in [3.63, 3.8) is 0 Å². The Balaban J connectivity index is 2.60. The van der Waals surface area contributed by atoms with Gasteiger partial charge in [0.2, 0.25) is 0 Å². The summed E-state index contributed by atoms with van der Waals surface area (Å²) in [5.74, 6) is 1.69. The van der Waals surface area contributed by atoms with E-state index in [9.17, 15) is 0 Å². The van der Waals surface area contributed by atoms with Gasteiger partial charge in [-0.15, -0.1) is 0 Å². The second kappa shape index (κ2) is 6.54. The predicted octanol–water partition coefficient (Wildman–Crippen LogP) is 3.00. The lowest BCUT2D eigenvalue weighted by Crippen LogP contribution is -2.19. The molecule has 0 aromatic heterocycles. The molecular weight excluding hydrogens is 198 g/mol. The molecule has 0 unspecified atom stereocenters. The summed E-state index contributed by atoms with van der Waals surface area (Å²) in [6.07, 6.45) is 1.02. The molecule has 1 rings (SSSR count). The zero-order chi connectivity index (χ0) is 12.0. The van der Waals surface area contributed by atoms with E-state index in [4.69, 9.17) is 4.74 Å². The van der Waals surface area contributed by atoms with Gasteiger partial charge in [-0.25, -0.2) is 0 Å². The maximum atomic E-state index is 5.31. The molecule has 0 fully saturated rings. The minimum Gasteiger partial charge on any atom is -0.496 e. The molecule has 1 aromatic rings. The lowest BCUT2D eigenvalue weighted by atomic mass is 10.1. The molecule has 0 radical (unpaired) electrons. The zero-order valence-electron chi connectivity index (χ0n) is 10.8. The standard InChI is InChI=1S/C14H23NO/c1-5-13-8-12(6-7-14(13)16-4)10-15-9-11(2)3/h6-8,11,15H,5,9-10H2,1-4H3. The highest BCUT2D eigenvalue weighted by atomic mass is 16.5. The molecular formula is C14H23NO. The number of rotatable bonds is 6. The Morgan fingerprint density at radius 2 is 2.06 bits per heavy atom. The van der Waals surface area contributed by atoms with Crippen LogP contribution in [0.2, 0.25) is 0 Å². The van der Waals surface area contributed by atoms with Crippen LogP contribution in [0.15, 0.2) is 18.2 Å². The Morgan fingerprint density at radius 1 is 1.31 bits per heavy atom. The van der Waals surface area contributed by atoms with Gasteiger partial charge >= 0.3 is 0 Å². The first kappa shape index (κ1) is 13.0. The number of benzene rings is 1. The molecule has 0 aliphatic heterocycles. The van der Waals surface area contributed by atoms with Crippen LogP contribution >= 0.6 is 0 Å². The van der Waals surface area contributed by atoms with Crippen molar-refractivity contribution in [3.8, 4) is 5.75 Å². The normalized spacial score (nSPS) is 10.8. The monoisotopic (exact) mass is 221 g/mol. The van der Waals surface area contributed by atoms with Crippen LogP contribution in [0.4, 0.5) is 0 Å². The van der Waals surface area contributed by atoms with E-state index in [1.165, 1.54) is 11.1 Å². The molecule has 2 nitrogen and oxygen atoms in total. The average molecular weight is 221 g/mol. The first-order chi connectivity index (χ1) is 7.67. The van der Waals surface area contributed by atoms with Crippen molar-refractivity contribution >= 4 is 0 Å². The van der Waals surface area contributed by atoms with Crippen molar-refractivity contribution in [2.45, 2.75) is 33.7 Å². The average Bonchev–Trinajstić information content (AvgIpc) is 2.28. The van der Waals surface area contributed by atoms with Crippen molar-refractivity contribution in [1.29, 1.82) is 0 Å². The zero-order valence-corrected chi connectivity index (χ0v) is 10.8. The summed E-state index contributed by atoms with van der Waals surface area (Å²) in [7, 11) is 1.73. The molecule has 16 heavy (non-hydrogen) atoms. The van der Waals surface area contributed by atoms with Crippen molar-refractivity contribution in [1.82, 2.24) is 5.32 Å². The maximum Gasteiger partial charge on any atom is 0.122 e. The topological polar surface area (TPSA) is 21.3 Å². The summed E-state index contributed by atoms with van der Waals surface area (Å²) in [5.41, 5.74) is 2.62. The summed E-state index contributed by atoms with van der Waals surface area (Å²) in [5, 5.41) is 3.45. The highest BCUT2D eigenvalue weighted by Crippen LogP contribution is 2.20. The van der Waals surface area contributed by atoms with Crippen molar-refractivity contribution < 1.29 is 4.74 Å². The van der Waals surface area contributed by atoms with Crippen LogP contribution in [0.3, 0.4) is 0 Å². The lowest BCUT2D eigenvalue weighted by Gasteiger charge is -2.11. The third-order valence-corrected chi connectivity index (χ3v) is 2.61. The van der Waals surface area contributed by atoms with Gasteiger partial charge in [0.1, 0.15) is 5.75 Å². The first-order valence-corrected chi connectivity index (χ1v) is 6.03. The van der Waals surface area contributed by atoms with Crippen molar-refractivity contribution in [3.05, 3.63) is 29.3 Å². The number of hydrogen-bond donors (Lipinski definition) is 1. The van der Waals surface area contributed by atoms with Crippen LogP contribution in [0.25, 0.3) is 0 Å². The molecule has 0 aliphatic carbocycles. The van der Waals surface area contributed by atoms with E-state index in [1.807, 2.05) is 0 Å². The smallest absolute Gasteiger partial charge is 0.122 e. The molecule has 0 atom stereocenters. The van der Waals surface area contributed by atoms with Gasteiger partial charge in [0.15, 0.2) is 0 Å². The number of aryl methyl sites for hydroxylation is 1. The van der Waals surface area contributed by atoms with E-state index in [2.05, 4.69) is 44.3 Å². The third kappa shape index (κ3) is 3.86. The van der Waals surface area contributed by atoms with Crippen LogP contribution < -0.4 is 10.1 Å². The molecule has 0 heterocycles. The molecule has 0 saturated heterocycles. The Bertz CT molecular complexity index is 321. The molecule has 0 saturated carbocycles. The fourth-order valence-electron chi connectivity index (χ4n) is 1.72. The highest BCUT2D eigenvalue weighted by molar-refractivity contribution is 5.37. The molecule has 1 aromatic carbocycles. The molecule has 1 N–H and O–H groups in total. The van der Waals surface area contributed by atoms with Crippen molar-refractivity contribution in [2.24, 2.45) is 5.92 Å². The van der Waals surface area contributed by atoms with Crippen molar-refractivity contribution in [2.75, 3.05) is 13.7 Å². The first-order valence-electron chi connectivity index (χ1n) is 6.03. The van der Waals surface area contributed by atoms with Gasteiger partial charge in [0, 0.05) is 6.54 Å². The summed E-state index contributed by atoms with van der Waals surface area (Å²) < 4.78 is 5.31. The van der Waals surface area contributed by atoms with Crippen LogP contribution in [0.5, 0.6) is 5.75 Å². The van der Waals surface area contributed by atoms with Crippen LogP contribution in [0, 0.1) is 5.92 Å². The second-order valence-electron chi connectivity index (χ2n) is 4.52. The van der Waals surface area contributed by atoms with Gasteiger partial charge < -0.3 is 10.1 Å². The van der Waals surface area contributed by atoms with Gasteiger partial charge in [-0.3, -0.25) is 0 Å². The van der Waals surface area contributed by atoms with Crippen LogP contribution in [-0.4, -0.2) is 13.7 Å². The molecule has 0 aliphatic rings. The van der Waals surface area contributed by atoms with Gasteiger partial charge in [-0.05, 0) is 36.1 Å². The van der Waals surface area contributed by atoms with E-state index < -0.39 is 0 Å². The fraction of sp³-hybridized carbons (Fsp3) is 0.571. The molecule has 90 valence electrons. The lowest BCUT2D eigenvalue weighted by molar-refractivity contribution is 0.410. The Hall–Kier alpha value is -1.02. The van der Waals surface area contributed by atoms with E-state index in [1.54, 1.807) is 7.11 Å². The summed E-state index contributed by atoms with van der Waals surface area (Å²) in [6, 6.07) is 6.42. The molecule has 2 heteroatoms. The van der Waals surface area contributed by atoms with Gasteiger partial charge in [0.05, 0.1) is 7.11 Å². The Labute approximate surface area is 99.0 Å². The molecule has 0 bridgehead atoms. The highest BCUT2D eigenvalue weighted by Gasteiger charge is 2.02. The predicted molar refractivity (Wildman–Crippen MR) is 68.9 cm³/mol. The van der Waals surface area contributed by atoms with E-state index >= 15 is 0 Å². The van der Waals surface area contributed by atoms with Gasteiger partial charge in [-0.2, -0.15) is 0 Å². The third-order valence-electron chi connectivity index (χ3n) is 2.61. The Kier molecular flexibility index (Phi) is 5.33. The Morgan fingerprint density at radius 3 is 2.62 bits per heavy atom. The number of hydrogen-bond acceptors (Lipinski definition) is 2. The summed E-state index contributed by atoms with van der Waals surface area (Å²) in [4.78, 5) is 0. The number of ether oxygens (including phenoxy) is 1. The molecule has 0 spiro atoms. The quantitative estimate of drug-likeness (QED) is 0.797. The summed E-state index contributed by atoms with van der Waals surface area (Å²) in [6.45, 7) is 8.60. The largest absolute Gasteiger partial charge is 0.496 e. The van der Waals surface area contributed by atoms with E-state index in [0.717, 1.165) is 25.3 Å². The second-order valence-corrected chi connectivity index (χ2v) is 4.52. The number of methoxy groups -OCH3 is 1. The van der Waals surface area contributed by atoms with Gasteiger partial charge in [0.25, 0.3) is 0 Å². The minimum absolute atomic E-state index is 0.698. The summed E-state index contributed by atoms with van der Waals surface area (Å²) >= 11 is 0. The molecule has 0 amide bonds. The van der Waals surface area contributed by atoms with Crippen LogP contribution in [0.1, 0.15) is 31.9 Å². The van der Waals surface area contributed by atoms with Crippen LogP contribution in [-0.2, 0) is 13.0 Å². The fourth-order valence-corrected chi connectivity index (χ4v) is 1.72. The maximum absolute atomic E-state index is 5.31. The minimum atomic E-state index is 0.698.